The molecule has 2 heteroatoms. The van der Waals surface area contributed by atoms with Crippen molar-refractivity contribution in [2.45, 2.75) is 78.1 Å². The molecule has 0 aromatic rings. The molecule has 2 nitrogen and oxygen atoms in total. The zero-order valence-corrected chi connectivity index (χ0v) is 12.3. The number of unbranched alkanes of at least 4 members (excludes halogenated alkanes) is 7. The Hall–Kier alpha value is -0.790. The first-order chi connectivity index (χ1) is 8.72. The first-order valence-electron chi connectivity index (χ1n) is 7.57. The molecule has 0 radical (unpaired) electrons. The normalized spacial score (nSPS) is 10.3. The van der Waals surface area contributed by atoms with Crippen molar-refractivity contribution in [1.29, 1.82) is 0 Å². The van der Waals surface area contributed by atoms with Gasteiger partial charge in [-0.3, -0.25) is 0 Å². The molecule has 0 rings (SSSR count). The minimum Gasteiger partial charge on any atom is -0.462 e. The van der Waals surface area contributed by atoms with Gasteiger partial charge in [-0.25, -0.2) is 4.79 Å². The number of hydrogen-bond donors (Lipinski definition) is 0. The van der Waals surface area contributed by atoms with Gasteiger partial charge in [0.15, 0.2) is 0 Å². The maximum absolute atomic E-state index is 11.5. The Labute approximate surface area is 113 Å². The Morgan fingerprint density at radius 1 is 0.889 bits per heavy atom. The van der Waals surface area contributed by atoms with Crippen molar-refractivity contribution in [1.82, 2.24) is 0 Å². The molecule has 0 aromatic heterocycles. The van der Waals surface area contributed by atoms with Crippen LogP contribution in [0.1, 0.15) is 78.1 Å². The predicted molar refractivity (Wildman–Crippen MR) is 77.6 cm³/mol. The molecular weight excluding hydrogens is 224 g/mol. The Morgan fingerprint density at radius 2 is 1.44 bits per heavy atom. The van der Waals surface area contributed by atoms with Gasteiger partial charge in [-0.05, 0) is 19.3 Å². The van der Waals surface area contributed by atoms with Crippen LogP contribution in [0.25, 0.3) is 0 Å². The Morgan fingerprint density at radius 3 is 2.06 bits per heavy atom. The Balaban J connectivity index is 3.38. The number of carbonyl (C=O) groups is 1. The molecule has 0 unspecified atom stereocenters. The molecule has 0 amide bonds. The monoisotopic (exact) mass is 254 g/mol. The smallest absolute Gasteiger partial charge is 0.333 e. The highest BCUT2D eigenvalue weighted by Gasteiger charge is 2.07. The average molecular weight is 254 g/mol. The van der Waals surface area contributed by atoms with Gasteiger partial charge in [0.2, 0.25) is 0 Å². The lowest BCUT2D eigenvalue weighted by Gasteiger charge is -2.06. The topological polar surface area (TPSA) is 26.3 Å². The van der Waals surface area contributed by atoms with Crippen LogP contribution in [0, 0.1) is 0 Å². The van der Waals surface area contributed by atoms with Gasteiger partial charge in [-0.15, -0.1) is 0 Å². The van der Waals surface area contributed by atoms with Crippen LogP contribution < -0.4 is 0 Å². The zero-order valence-electron chi connectivity index (χ0n) is 12.3. The van der Waals surface area contributed by atoms with E-state index in [0.29, 0.717) is 12.2 Å². The first-order valence-corrected chi connectivity index (χ1v) is 7.57. The maximum Gasteiger partial charge on any atom is 0.333 e. The van der Waals surface area contributed by atoms with E-state index in [1.54, 1.807) is 0 Å². The summed E-state index contributed by atoms with van der Waals surface area (Å²) in [6.07, 6.45) is 11.6. The van der Waals surface area contributed by atoms with Crippen molar-refractivity contribution < 1.29 is 9.53 Å². The fourth-order valence-corrected chi connectivity index (χ4v) is 1.81. The average Bonchev–Trinajstić information content (AvgIpc) is 2.37. The van der Waals surface area contributed by atoms with Crippen LogP contribution in [0.15, 0.2) is 12.2 Å². The second-order valence-corrected chi connectivity index (χ2v) is 4.96. The molecule has 18 heavy (non-hydrogen) atoms. The molecule has 0 atom stereocenters. The third-order valence-electron chi connectivity index (χ3n) is 3.10. The molecule has 0 saturated carbocycles. The van der Waals surface area contributed by atoms with E-state index < -0.39 is 0 Å². The van der Waals surface area contributed by atoms with Gasteiger partial charge in [0.25, 0.3) is 0 Å². The maximum atomic E-state index is 11.5. The van der Waals surface area contributed by atoms with Gasteiger partial charge in [-0.1, -0.05) is 65.4 Å². The summed E-state index contributed by atoms with van der Waals surface area (Å²) in [7, 11) is 0. The molecule has 0 N–H and O–H groups in total. The van der Waals surface area contributed by atoms with Crippen LogP contribution in [0.5, 0.6) is 0 Å². The third kappa shape index (κ3) is 10.4. The zero-order chi connectivity index (χ0) is 13.6. The van der Waals surface area contributed by atoms with Gasteiger partial charge in [0.1, 0.15) is 0 Å². The lowest BCUT2D eigenvalue weighted by molar-refractivity contribution is -0.139. The van der Waals surface area contributed by atoms with Crippen LogP contribution in [-0.2, 0) is 9.53 Å². The van der Waals surface area contributed by atoms with E-state index >= 15 is 0 Å². The highest BCUT2D eigenvalue weighted by Crippen LogP contribution is 2.12. The molecule has 0 aliphatic heterocycles. The van der Waals surface area contributed by atoms with E-state index in [1.807, 2.05) is 0 Å². The van der Waals surface area contributed by atoms with E-state index in [9.17, 15) is 4.79 Å². The lowest BCUT2D eigenvalue weighted by atomic mass is 10.1. The standard InChI is InChI=1S/C16H30O2/c1-4-6-8-9-10-11-12-13-15(3)16(17)18-14-7-5-2/h3-14H2,1-2H3. The first kappa shape index (κ1) is 17.2. The van der Waals surface area contributed by atoms with E-state index in [1.165, 1.54) is 38.5 Å². The molecule has 0 saturated heterocycles. The van der Waals surface area contributed by atoms with Gasteiger partial charge < -0.3 is 4.74 Å². The molecule has 0 aliphatic rings. The van der Waals surface area contributed by atoms with Crippen molar-refractivity contribution in [2.75, 3.05) is 6.61 Å². The largest absolute Gasteiger partial charge is 0.462 e. The highest BCUT2D eigenvalue weighted by atomic mass is 16.5. The van der Waals surface area contributed by atoms with Crippen molar-refractivity contribution in [2.24, 2.45) is 0 Å². The van der Waals surface area contributed by atoms with Crippen LogP contribution >= 0.6 is 0 Å². The molecule has 0 heterocycles. The minimum atomic E-state index is -0.200. The van der Waals surface area contributed by atoms with Crippen LogP contribution in [0.3, 0.4) is 0 Å². The van der Waals surface area contributed by atoms with Crippen LogP contribution in [-0.4, -0.2) is 12.6 Å². The summed E-state index contributed by atoms with van der Waals surface area (Å²) < 4.78 is 5.12. The second-order valence-electron chi connectivity index (χ2n) is 4.96. The van der Waals surface area contributed by atoms with Gasteiger partial charge in [0, 0.05) is 5.57 Å². The van der Waals surface area contributed by atoms with Gasteiger partial charge >= 0.3 is 5.97 Å². The molecule has 0 fully saturated rings. The van der Waals surface area contributed by atoms with Crippen molar-refractivity contribution in [3.8, 4) is 0 Å². The van der Waals surface area contributed by atoms with Gasteiger partial charge in [0.05, 0.1) is 6.61 Å². The Kier molecular flexibility index (Phi) is 12.1. The summed E-state index contributed by atoms with van der Waals surface area (Å²) in [6.45, 7) is 8.65. The molecule has 0 bridgehead atoms. The summed E-state index contributed by atoms with van der Waals surface area (Å²) >= 11 is 0. The summed E-state index contributed by atoms with van der Waals surface area (Å²) in [4.78, 5) is 11.5. The number of carbonyl (C=O) groups excluding carboxylic acids is 1. The second kappa shape index (κ2) is 12.7. The molecule has 0 spiro atoms. The van der Waals surface area contributed by atoms with Crippen LogP contribution in [0.2, 0.25) is 0 Å². The summed E-state index contributed by atoms with van der Waals surface area (Å²) in [5, 5.41) is 0. The molecular formula is C16H30O2. The number of hydrogen-bond acceptors (Lipinski definition) is 2. The van der Waals surface area contributed by atoms with E-state index in [4.69, 9.17) is 4.74 Å². The predicted octanol–water partition coefficient (Wildman–Crippen LogP) is 5.03. The fraction of sp³-hybridized carbons (Fsp3) is 0.812. The number of rotatable bonds is 12. The minimum absolute atomic E-state index is 0.200. The summed E-state index contributed by atoms with van der Waals surface area (Å²) in [5.74, 6) is -0.200. The van der Waals surface area contributed by atoms with E-state index in [2.05, 4.69) is 20.4 Å². The molecule has 0 aliphatic carbocycles. The van der Waals surface area contributed by atoms with E-state index in [0.717, 1.165) is 25.7 Å². The molecule has 0 aromatic carbocycles. The highest BCUT2D eigenvalue weighted by molar-refractivity contribution is 5.87. The summed E-state index contributed by atoms with van der Waals surface area (Å²) in [6, 6.07) is 0. The summed E-state index contributed by atoms with van der Waals surface area (Å²) in [5.41, 5.74) is 0.639. The Bertz CT molecular complexity index is 221. The van der Waals surface area contributed by atoms with Crippen molar-refractivity contribution in [3.63, 3.8) is 0 Å². The number of ether oxygens (including phenoxy) is 1. The third-order valence-corrected chi connectivity index (χ3v) is 3.10. The SMILES string of the molecule is C=C(CCCCCCCCC)C(=O)OCCCC. The van der Waals surface area contributed by atoms with Gasteiger partial charge in [-0.2, -0.15) is 0 Å². The van der Waals surface area contributed by atoms with Crippen molar-refractivity contribution >= 4 is 5.97 Å². The number of esters is 1. The quantitative estimate of drug-likeness (QED) is 0.277. The van der Waals surface area contributed by atoms with Crippen molar-refractivity contribution in [3.05, 3.63) is 12.2 Å². The molecule has 106 valence electrons. The van der Waals surface area contributed by atoms with E-state index in [-0.39, 0.29) is 5.97 Å². The van der Waals surface area contributed by atoms with Crippen LogP contribution in [0.4, 0.5) is 0 Å². The fourth-order valence-electron chi connectivity index (χ4n) is 1.81. The lowest BCUT2D eigenvalue weighted by Crippen LogP contribution is -2.08.